The highest BCUT2D eigenvalue weighted by Gasteiger charge is 2.07. The molecule has 0 heterocycles. The number of nitrogens with one attached hydrogen (secondary N) is 2. The third-order valence-electron chi connectivity index (χ3n) is 5.51. The third-order valence-corrected chi connectivity index (χ3v) is 5.51. The Morgan fingerprint density at radius 3 is 1.60 bits per heavy atom. The Morgan fingerprint density at radius 2 is 1.10 bits per heavy atom. The van der Waals surface area contributed by atoms with Crippen LogP contribution in [0.2, 0.25) is 0 Å². The Kier molecular flexibility index (Phi) is 16.7. The SMILES string of the molecule is CCCCCCCCCCCCCCCCCC(=O)NC(=O)CNc1ccccc1. The first-order valence-electron chi connectivity index (χ1n) is 12.3. The van der Waals surface area contributed by atoms with Crippen LogP contribution in [0, 0.1) is 0 Å². The van der Waals surface area contributed by atoms with Crippen molar-refractivity contribution in [2.45, 2.75) is 110 Å². The van der Waals surface area contributed by atoms with Gasteiger partial charge in [-0.2, -0.15) is 0 Å². The summed E-state index contributed by atoms with van der Waals surface area (Å²) in [7, 11) is 0. The lowest BCUT2D eigenvalue weighted by Gasteiger charge is -2.07. The maximum atomic E-state index is 11.8. The maximum Gasteiger partial charge on any atom is 0.245 e. The number of imide groups is 1. The van der Waals surface area contributed by atoms with Crippen molar-refractivity contribution in [3.8, 4) is 0 Å². The molecule has 0 aliphatic heterocycles. The average molecular weight is 417 g/mol. The lowest BCUT2D eigenvalue weighted by molar-refractivity contribution is -0.129. The molecule has 0 saturated heterocycles. The molecule has 0 radical (unpaired) electrons. The molecule has 4 heteroatoms. The zero-order valence-electron chi connectivity index (χ0n) is 19.2. The highest BCUT2D eigenvalue weighted by molar-refractivity contribution is 5.96. The standard InChI is InChI=1S/C26H44N2O2/c1-2-3-4-5-6-7-8-9-10-11-12-13-14-15-19-22-25(29)28-26(30)23-27-24-20-17-16-18-21-24/h16-18,20-21,27H,2-15,19,22-23H2,1H3,(H,28,29,30). The van der Waals surface area contributed by atoms with Gasteiger partial charge < -0.3 is 5.32 Å². The van der Waals surface area contributed by atoms with Gasteiger partial charge in [0.25, 0.3) is 0 Å². The summed E-state index contributed by atoms with van der Waals surface area (Å²) in [5.74, 6) is -0.436. The number of rotatable bonds is 19. The van der Waals surface area contributed by atoms with Crippen LogP contribution in [-0.2, 0) is 9.59 Å². The first-order chi connectivity index (χ1) is 14.7. The summed E-state index contributed by atoms with van der Waals surface area (Å²) in [4.78, 5) is 23.6. The van der Waals surface area contributed by atoms with Crippen molar-refractivity contribution in [2.75, 3.05) is 11.9 Å². The molecular formula is C26H44N2O2. The molecule has 1 aromatic carbocycles. The number of benzene rings is 1. The van der Waals surface area contributed by atoms with Gasteiger partial charge in [0.1, 0.15) is 0 Å². The van der Waals surface area contributed by atoms with Crippen LogP contribution in [-0.4, -0.2) is 18.4 Å². The number of amides is 2. The van der Waals surface area contributed by atoms with Crippen LogP contribution in [0.15, 0.2) is 30.3 Å². The topological polar surface area (TPSA) is 58.2 Å². The first-order valence-corrected chi connectivity index (χ1v) is 12.3. The van der Waals surface area contributed by atoms with Gasteiger partial charge in [-0.05, 0) is 18.6 Å². The van der Waals surface area contributed by atoms with Crippen molar-refractivity contribution in [2.24, 2.45) is 0 Å². The van der Waals surface area contributed by atoms with Gasteiger partial charge in [0, 0.05) is 12.1 Å². The van der Waals surface area contributed by atoms with Gasteiger partial charge in [-0.15, -0.1) is 0 Å². The van der Waals surface area contributed by atoms with Gasteiger partial charge in [0.2, 0.25) is 11.8 Å². The van der Waals surface area contributed by atoms with E-state index in [1.807, 2.05) is 30.3 Å². The van der Waals surface area contributed by atoms with E-state index in [1.165, 1.54) is 83.5 Å². The molecule has 2 amide bonds. The molecule has 30 heavy (non-hydrogen) atoms. The van der Waals surface area contributed by atoms with Crippen molar-refractivity contribution in [1.82, 2.24) is 5.32 Å². The van der Waals surface area contributed by atoms with E-state index in [1.54, 1.807) is 0 Å². The minimum atomic E-state index is -0.273. The van der Waals surface area contributed by atoms with E-state index in [-0.39, 0.29) is 18.4 Å². The van der Waals surface area contributed by atoms with Crippen LogP contribution >= 0.6 is 0 Å². The molecule has 4 nitrogen and oxygen atoms in total. The monoisotopic (exact) mass is 416 g/mol. The van der Waals surface area contributed by atoms with Crippen LogP contribution in [0.5, 0.6) is 0 Å². The summed E-state index contributed by atoms with van der Waals surface area (Å²) in [6, 6.07) is 9.52. The van der Waals surface area contributed by atoms with E-state index in [9.17, 15) is 9.59 Å². The molecule has 0 aliphatic rings. The Bertz CT molecular complexity index is 545. The second kappa shape index (κ2) is 19.1. The fraction of sp³-hybridized carbons (Fsp3) is 0.692. The van der Waals surface area contributed by atoms with E-state index in [2.05, 4.69) is 17.6 Å². The normalized spacial score (nSPS) is 10.7. The second-order valence-corrected chi connectivity index (χ2v) is 8.39. The van der Waals surface area contributed by atoms with Crippen LogP contribution in [0.3, 0.4) is 0 Å². The lowest BCUT2D eigenvalue weighted by Crippen LogP contribution is -2.34. The molecule has 1 aromatic rings. The highest BCUT2D eigenvalue weighted by atomic mass is 16.2. The molecule has 0 aliphatic carbocycles. The summed E-state index contributed by atoms with van der Waals surface area (Å²) in [5.41, 5.74) is 0.877. The van der Waals surface area contributed by atoms with Crippen LogP contribution in [0.4, 0.5) is 5.69 Å². The predicted octanol–water partition coefficient (Wildman–Crippen LogP) is 7.00. The molecule has 2 N–H and O–H groups in total. The zero-order valence-corrected chi connectivity index (χ0v) is 19.2. The molecular weight excluding hydrogens is 372 g/mol. The van der Waals surface area contributed by atoms with Gasteiger partial charge in [-0.3, -0.25) is 14.9 Å². The van der Waals surface area contributed by atoms with E-state index < -0.39 is 0 Å². The Morgan fingerprint density at radius 1 is 0.633 bits per heavy atom. The third kappa shape index (κ3) is 16.0. The largest absolute Gasteiger partial charge is 0.376 e. The predicted molar refractivity (Wildman–Crippen MR) is 128 cm³/mol. The van der Waals surface area contributed by atoms with E-state index in [4.69, 9.17) is 0 Å². The Labute approximate surface area is 184 Å². The molecule has 0 atom stereocenters. The zero-order chi connectivity index (χ0) is 21.7. The molecule has 170 valence electrons. The van der Waals surface area contributed by atoms with Crippen molar-refractivity contribution >= 4 is 17.5 Å². The van der Waals surface area contributed by atoms with Crippen LogP contribution in [0.1, 0.15) is 110 Å². The van der Waals surface area contributed by atoms with Gasteiger partial charge in [-0.1, -0.05) is 115 Å². The molecule has 0 bridgehead atoms. The van der Waals surface area contributed by atoms with Crippen LogP contribution < -0.4 is 10.6 Å². The van der Waals surface area contributed by atoms with E-state index >= 15 is 0 Å². The molecule has 0 unspecified atom stereocenters. The minimum Gasteiger partial charge on any atom is -0.376 e. The molecule has 0 spiro atoms. The van der Waals surface area contributed by atoms with Crippen molar-refractivity contribution < 1.29 is 9.59 Å². The minimum absolute atomic E-state index is 0.120. The second-order valence-electron chi connectivity index (χ2n) is 8.39. The lowest BCUT2D eigenvalue weighted by atomic mass is 10.0. The number of unbranched alkanes of at least 4 members (excludes halogenated alkanes) is 14. The highest BCUT2D eigenvalue weighted by Crippen LogP contribution is 2.13. The fourth-order valence-corrected chi connectivity index (χ4v) is 3.66. The molecule has 0 saturated carbocycles. The summed E-state index contributed by atoms with van der Waals surface area (Å²) in [6.07, 6.45) is 20.1. The molecule has 1 rings (SSSR count). The fourth-order valence-electron chi connectivity index (χ4n) is 3.66. The van der Waals surface area contributed by atoms with Gasteiger partial charge in [0.05, 0.1) is 6.54 Å². The Balaban J connectivity index is 1.83. The van der Waals surface area contributed by atoms with Gasteiger partial charge >= 0.3 is 0 Å². The number of carbonyl (C=O) groups is 2. The van der Waals surface area contributed by atoms with Gasteiger partial charge in [0.15, 0.2) is 0 Å². The number of anilines is 1. The maximum absolute atomic E-state index is 11.8. The van der Waals surface area contributed by atoms with E-state index in [0.29, 0.717) is 6.42 Å². The summed E-state index contributed by atoms with van der Waals surface area (Å²) >= 11 is 0. The Hall–Kier alpha value is -1.84. The number of hydrogen-bond donors (Lipinski definition) is 2. The summed E-state index contributed by atoms with van der Waals surface area (Å²) < 4.78 is 0. The number of hydrogen-bond acceptors (Lipinski definition) is 3. The van der Waals surface area contributed by atoms with Crippen molar-refractivity contribution in [3.63, 3.8) is 0 Å². The van der Waals surface area contributed by atoms with Crippen molar-refractivity contribution in [3.05, 3.63) is 30.3 Å². The van der Waals surface area contributed by atoms with Crippen LogP contribution in [0.25, 0.3) is 0 Å². The number of para-hydroxylation sites is 1. The average Bonchev–Trinajstić information content (AvgIpc) is 2.75. The summed E-state index contributed by atoms with van der Waals surface area (Å²) in [6.45, 7) is 2.39. The van der Waals surface area contributed by atoms with Crippen molar-refractivity contribution in [1.29, 1.82) is 0 Å². The smallest absolute Gasteiger partial charge is 0.245 e. The molecule has 0 fully saturated rings. The quantitative estimate of drug-likeness (QED) is 0.239. The van der Waals surface area contributed by atoms with E-state index in [0.717, 1.165) is 18.5 Å². The summed E-state index contributed by atoms with van der Waals surface area (Å²) in [5, 5.41) is 5.47. The number of carbonyl (C=O) groups excluding carboxylic acids is 2. The molecule has 0 aromatic heterocycles. The van der Waals surface area contributed by atoms with Gasteiger partial charge in [-0.25, -0.2) is 0 Å². The first kappa shape index (κ1) is 26.2.